The first-order valence-electron chi connectivity index (χ1n) is 10.4. The maximum atomic E-state index is 12.5. The predicted octanol–water partition coefficient (Wildman–Crippen LogP) is 2.32. The summed E-state index contributed by atoms with van der Waals surface area (Å²) in [5.41, 5.74) is 1.69. The van der Waals surface area contributed by atoms with Crippen LogP contribution in [0.25, 0.3) is 11.3 Å². The number of anilines is 2. The fraction of sp³-hybridized carbons (Fsp3) is 0.524. The van der Waals surface area contributed by atoms with Gasteiger partial charge in [-0.1, -0.05) is 0 Å². The zero-order valence-electron chi connectivity index (χ0n) is 16.6. The molecular formula is C21H28N6O2. The molecule has 0 bridgehead atoms. The third kappa shape index (κ3) is 5.48. The molecule has 0 aromatic carbocycles. The monoisotopic (exact) mass is 396 g/mol. The number of ether oxygens (including phenoxy) is 1. The Kier molecular flexibility index (Phi) is 6.63. The summed E-state index contributed by atoms with van der Waals surface area (Å²) < 4.78 is 5.41. The number of piperidine rings is 1. The van der Waals surface area contributed by atoms with Gasteiger partial charge in [-0.25, -0.2) is 15.0 Å². The van der Waals surface area contributed by atoms with Crippen LogP contribution < -0.4 is 16.0 Å². The lowest BCUT2D eigenvalue weighted by Gasteiger charge is -2.22. The minimum atomic E-state index is -0.0101. The second kappa shape index (κ2) is 9.76. The molecule has 8 nitrogen and oxygen atoms in total. The fourth-order valence-electron chi connectivity index (χ4n) is 3.77. The van der Waals surface area contributed by atoms with Gasteiger partial charge in [0.25, 0.3) is 0 Å². The first-order chi connectivity index (χ1) is 14.3. The fourth-order valence-corrected chi connectivity index (χ4v) is 3.77. The SMILES string of the molecule is O=C(Nc1cc(-c2ccnc(NCC3CCOCC3)c2)ncn1)C1CCCNC1. The van der Waals surface area contributed by atoms with Crippen molar-refractivity contribution >= 4 is 17.5 Å². The molecule has 29 heavy (non-hydrogen) atoms. The van der Waals surface area contributed by atoms with Gasteiger partial charge in [0.15, 0.2) is 0 Å². The number of carbonyl (C=O) groups is 1. The van der Waals surface area contributed by atoms with E-state index in [1.807, 2.05) is 18.2 Å². The Bertz CT molecular complexity index is 818. The second-order valence-electron chi connectivity index (χ2n) is 7.69. The number of hydrogen-bond acceptors (Lipinski definition) is 7. The molecule has 0 aliphatic carbocycles. The lowest BCUT2D eigenvalue weighted by molar-refractivity contribution is -0.120. The van der Waals surface area contributed by atoms with Crippen LogP contribution in [0, 0.1) is 11.8 Å². The summed E-state index contributed by atoms with van der Waals surface area (Å²) >= 11 is 0. The molecule has 4 heterocycles. The lowest BCUT2D eigenvalue weighted by atomic mass is 9.99. The first kappa shape index (κ1) is 19.7. The molecule has 2 aromatic rings. The zero-order chi connectivity index (χ0) is 19.9. The van der Waals surface area contributed by atoms with Crippen LogP contribution in [0.4, 0.5) is 11.6 Å². The van der Waals surface area contributed by atoms with Gasteiger partial charge >= 0.3 is 0 Å². The quantitative estimate of drug-likeness (QED) is 0.689. The number of hydrogen-bond donors (Lipinski definition) is 3. The smallest absolute Gasteiger partial charge is 0.229 e. The minimum Gasteiger partial charge on any atom is -0.381 e. The van der Waals surface area contributed by atoms with Crippen LogP contribution in [-0.4, -0.2) is 53.7 Å². The highest BCUT2D eigenvalue weighted by Gasteiger charge is 2.21. The number of carbonyl (C=O) groups excluding carboxylic acids is 1. The number of aromatic nitrogens is 3. The number of amides is 1. The molecule has 2 fully saturated rings. The van der Waals surface area contributed by atoms with Gasteiger partial charge in [-0.2, -0.15) is 0 Å². The molecule has 4 rings (SSSR count). The van der Waals surface area contributed by atoms with Crippen LogP contribution in [0.15, 0.2) is 30.7 Å². The Balaban J connectivity index is 1.40. The highest BCUT2D eigenvalue weighted by Crippen LogP contribution is 2.22. The van der Waals surface area contributed by atoms with E-state index in [0.29, 0.717) is 11.7 Å². The molecule has 2 aromatic heterocycles. The summed E-state index contributed by atoms with van der Waals surface area (Å²) in [6.45, 7) is 4.27. The average Bonchev–Trinajstić information content (AvgIpc) is 2.79. The van der Waals surface area contributed by atoms with Crippen molar-refractivity contribution in [2.45, 2.75) is 25.7 Å². The summed E-state index contributed by atoms with van der Waals surface area (Å²) in [7, 11) is 0. The summed E-state index contributed by atoms with van der Waals surface area (Å²) in [5, 5.41) is 9.63. The molecule has 8 heteroatoms. The van der Waals surface area contributed by atoms with Crippen LogP contribution in [0.2, 0.25) is 0 Å². The molecule has 0 radical (unpaired) electrons. The van der Waals surface area contributed by atoms with Crippen LogP contribution in [-0.2, 0) is 9.53 Å². The van der Waals surface area contributed by atoms with Crippen molar-refractivity contribution in [3.63, 3.8) is 0 Å². The lowest BCUT2D eigenvalue weighted by Crippen LogP contribution is -2.37. The Morgan fingerprint density at radius 1 is 1.14 bits per heavy atom. The van der Waals surface area contributed by atoms with Crippen molar-refractivity contribution in [1.82, 2.24) is 20.3 Å². The van der Waals surface area contributed by atoms with Gasteiger partial charge in [-0.3, -0.25) is 4.79 Å². The van der Waals surface area contributed by atoms with Crippen molar-refractivity contribution in [2.24, 2.45) is 11.8 Å². The number of pyridine rings is 1. The standard InChI is InChI=1S/C21H28N6O2/c28-21(17-2-1-6-22-13-17)27-20-11-18(25-14-26-20)16-3-7-23-19(10-16)24-12-15-4-8-29-9-5-15/h3,7,10-11,14-15,17,22H,1-2,4-6,8-9,12-13H2,(H,23,24)(H,25,26,27,28). The summed E-state index contributed by atoms with van der Waals surface area (Å²) in [6, 6.07) is 5.71. The van der Waals surface area contributed by atoms with Crippen molar-refractivity contribution in [3.8, 4) is 11.3 Å². The third-order valence-electron chi connectivity index (χ3n) is 5.55. The van der Waals surface area contributed by atoms with E-state index in [2.05, 4.69) is 30.9 Å². The van der Waals surface area contributed by atoms with Crippen LogP contribution in [0.5, 0.6) is 0 Å². The van der Waals surface area contributed by atoms with Crippen LogP contribution in [0.3, 0.4) is 0 Å². The van der Waals surface area contributed by atoms with Gasteiger partial charge in [0.05, 0.1) is 11.6 Å². The third-order valence-corrected chi connectivity index (χ3v) is 5.55. The molecule has 1 atom stereocenters. The molecule has 1 amide bonds. The Hall–Kier alpha value is -2.58. The zero-order valence-corrected chi connectivity index (χ0v) is 16.6. The second-order valence-corrected chi connectivity index (χ2v) is 7.69. The Morgan fingerprint density at radius 2 is 2.03 bits per heavy atom. The summed E-state index contributed by atoms with van der Waals surface area (Å²) in [5.74, 6) is 1.97. The number of rotatable bonds is 6. The number of nitrogens with one attached hydrogen (secondary N) is 3. The Labute approximate surface area is 170 Å². The van der Waals surface area contributed by atoms with E-state index in [4.69, 9.17) is 4.74 Å². The molecule has 0 saturated carbocycles. The molecule has 0 spiro atoms. The average molecular weight is 396 g/mol. The maximum absolute atomic E-state index is 12.5. The predicted molar refractivity (Wildman–Crippen MR) is 112 cm³/mol. The summed E-state index contributed by atoms with van der Waals surface area (Å²) in [6.07, 6.45) is 7.35. The molecule has 2 aliphatic heterocycles. The van der Waals surface area contributed by atoms with Crippen molar-refractivity contribution < 1.29 is 9.53 Å². The van der Waals surface area contributed by atoms with Gasteiger partial charge in [0, 0.05) is 44.1 Å². The highest BCUT2D eigenvalue weighted by atomic mass is 16.5. The van der Waals surface area contributed by atoms with E-state index in [1.165, 1.54) is 6.33 Å². The van der Waals surface area contributed by atoms with Crippen molar-refractivity contribution in [2.75, 3.05) is 43.5 Å². The van der Waals surface area contributed by atoms with Crippen molar-refractivity contribution in [3.05, 3.63) is 30.7 Å². The van der Waals surface area contributed by atoms with Gasteiger partial charge in [0.1, 0.15) is 18.0 Å². The van der Waals surface area contributed by atoms with Gasteiger partial charge in [-0.15, -0.1) is 0 Å². The van der Waals surface area contributed by atoms with E-state index in [9.17, 15) is 4.79 Å². The van der Waals surface area contributed by atoms with Gasteiger partial charge in [0.2, 0.25) is 5.91 Å². The largest absolute Gasteiger partial charge is 0.381 e. The van der Waals surface area contributed by atoms with E-state index in [-0.39, 0.29) is 11.8 Å². The molecule has 154 valence electrons. The van der Waals surface area contributed by atoms with Crippen LogP contribution in [0.1, 0.15) is 25.7 Å². The first-order valence-corrected chi connectivity index (χ1v) is 10.4. The van der Waals surface area contributed by atoms with E-state index >= 15 is 0 Å². The molecule has 2 aliphatic rings. The number of nitrogens with zero attached hydrogens (tertiary/aromatic N) is 3. The van der Waals surface area contributed by atoms with Crippen LogP contribution >= 0.6 is 0 Å². The highest BCUT2D eigenvalue weighted by molar-refractivity contribution is 5.92. The van der Waals surface area contributed by atoms with Gasteiger partial charge in [-0.05, 0) is 50.3 Å². The van der Waals surface area contributed by atoms with E-state index in [0.717, 1.165) is 75.6 Å². The molecule has 3 N–H and O–H groups in total. The summed E-state index contributed by atoms with van der Waals surface area (Å²) in [4.78, 5) is 25.5. The topological polar surface area (TPSA) is 101 Å². The van der Waals surface area contributed by atoms with Gasteiger partial charge < -0.3 is 20.7 Å². The Morgan fingerprint density at radius 3 is 2.86 bits per heavy atom. The maximum Gasteiger partial charge on any atom is 0.229 e. The molecule has 2 saturated heterocycles. The molecule has 1 unspecified atom stereocenters. The van der Waals surface area contributed by atoms with Crippen molar-refractivity contribution in [1.29, 1.82) is 0 Å². The minimum absolute atomic E-state index is 0.00963. The molecular weight excluding hydrogens is 368 g/mol. The van der Waals surface area contributed by atoms with E-state index in [1.54, 1.807) is 6.20 Å². The normalized spacial score (nSPS) is 20.2. The van der Waals surface area contributed by atoms with E-state index < -0.39 is 0 Å².